The Hall–Kier alpha value is -1.50. The lowest BCUT2D eigenvalue weighted by molar-refractivity contribution is 0.0335. The van der Waals surface area contributed by atoms with Gasteiger partial charge < -0.3 is 4.74 Å². The van der Waals surface area contributed by atoms with Crippen LogP contribution in [-0.2, 0) is 11.3 Å². The summed E-state index contributed by atoms with van der Waals surface area (Å²) in [6.07, 6.45) is 1.68. The van der Waals surface area contributed by atoms with Crippen molar-refractivity contribution in [3.05, 3.63) is 29.6 Å². The molecular weight excluding hydrogens is 220 g/mol. The fraction of sp³-hybridized carbons (Fsp3) is 0.455. The van der Waals surface area contributed by atoms with Gasteiger partial charge in [0.15, 0.2) is 0 Å². The van der Waals surface area contributed by atoms with Crippen molar-refractivity contribution in [2.24, 2.45) is 5.84 Å². The Balaban J connectivity index is 2.11. The first-order valence-electron chi connectivity index (χ1n) is 5.56. The van der Waals surface area contributed by atoms with Gasteiger partial charge >= 0.3 is 0 Å². The van der Waals surface area contributed by atoms with Gasteiger partial charge in [0.25, 0.3) is 5.91 Å². The average molecular weight is 236 g/mol. The fourth-order valence-corrected chi connectivity index (χ4v) is 1.82. The van der Waals surface area contributed by atoms with Crippen LogP contribution in [0.25, 0.3) is 0 Å². The second kappa shape index (κ2) is 5.72. The van der Waals surface area contributed by atoms with Gasteiger partial charge in [-0.1, -0.05) is 0 Å². The Morgan fingerprint density at radius 2 is 2.29 bits per heavy atom. The molecule has 1 aromatic rings. The molecule has 1 saturated heterocycles. The molecule has 0 radical (unpaired) electrons. The highest BCUT2D eigenvalue weighted by Crippen LogP contribution is 2.09. The summed E-state index contributed by atoms with van der Waals surface area (Å²) < 4.78 is 5.27. The van der Waals surface area contributed by atoms with Gasteiger partial charge in [-0.05, 0) is 12.1 Å². The monoisotopic (exact) mass is 236 g/mol. The Morgan fingerprint density at radius 1 is 1.53 bits per heavy atom. The summed E-state index contributed by atoms with van der Waals surface area (Å²) in [5.41, 5.74) is 3.41. The number of hydrazine groups is 1. The molecule has 17 heavy (non-hydrogen) atoms. The lowest BCUT2D eigenvalue weighted by Crippen LogP contribution is -2.37. The van der Waals surface area contributed by atoms with Gasteiger partial charge in [-0.3, -0.25) is 20.1 Å². The van der Waals surface area contributed by atoms with Gasteiger partial charge in [0.2, 0.25) is 0 Å². The molecule has 2 heterocycles. The molecule has 3 N–H and O–H groups in total. The van der Waals surface area contributed by atoms with Gasteiger partial charge in [-0.2, -0.15) is 0 Å². The van der Waals surface area contributed by atoms with Crippen molar-refractivity contribution < 1.29 is 9.53 Å². The van der Waals surface area contributed by atoms with Gasteiger partial charge in [0.1, 0.15) is 0 Å². The molecule has 0 saturated carbocycles. The van der Waals surface area contributed by atoms with Crippen molar-refractivity contribution in [3.63, 3.8) is 0 Å². The Kier molecular flexibility index (Phi) is 4.03. The third kappa shape index (κ3) is 3.00. The van der Waals surface area contributed by atoms with Gasteiger partial charge in [0, 0.05) is 25.8 Å². The lowest BCUT2D eigenvalue weighted by atomic mass is 10.1. The summed E-state index contributed by atoms with van der Waals surface area (Å²) in [7, 11) is 0. The summed E-state index contributed by atoms with van der Waals surface area (Å²) in [6.45, 7) is 3.82. The predicted molar refractivity (Wildman–Crippen MR) is 62.0 cm³/mol. The summed E-state index contributed by atoms with van der Waals surface area (Å²) >= 11 is 0. The van der Waals surface area contributed by atoms with E-state index in [2.05, 4.69) is 15.3 Å². The van der Waals surface area contributed by atoms with E-state index in [0.29, 0.717) is 12.1 Å². The maximum absolute atomic E-state index is 11.6. The van der Waals surface area contributed by atoms with E-state index in [9.17, 15) is 4.79 Å². The number of amides is 1. The van der Waals surface area contributed by atoms with Crippen LogP contribution in [0.2, 0.25) is 0 Å². The van der Waals surface area contributed by atoms with E-state index in [0.717, 1.165) is 32.0 Å². The third-order valence-corrected chi connectivity index (χ3v) is 2.74. The number of hydrogen-bond acceptors (Lipinski definition) is 5. The van der Waals surface area contributed by atoms with E-state index in [1.165, 1.54) is 0 Å². The van der Waals surface area contributed by atoms with Gasteiger partial charge in [0.05, 0.1) is 24.5 Å². The van der Waals surface area contributed by atoms with Crippen molar-refractivity contribution in [2.75, 3.05) is 26.3 Å². The first-order valence-corrected chi connectivity index (χ1v) is 5.56. The quantitative estimate of drug-likeness (QED) is 0.421. The molecule has 0 unspecified atom stereocenters. The zero-order chi connectivity index (χ0) is 12.1. The molecule has 6 nitrogen and oxygen atoms in total. The first kappa shape index (κ1) is 12.0. The van der Waals surface area contributed by atoms with Gasteiger partial charge in [-0.25, -0.2) is 5.84 Å². The second-order valence-electron chi connectivity index (χ2n) is 3.86. The van der Waals surface area contributed by atoms with Crippen molar-refractivity contribution >= 4 is 5.91 Å². The number of ether oxygens (including phenoxy) is 1. The van der Waals surface area contributed by atoms with Crippen LogP contribution < -0.4 is 11.3 Å². The molecule has 1 fully saturated rings. The van der Waals surface area contributed by atoms with E-state index in [-0.39, 0.29) is 5.91 Å². The van der Waals surface area contributed by atoms with E-state index in [1.807, 2.05) is 0 Å². The van der Waals surface area contributed by atoms with E-state index >= 15 is 0 Å². The molecule has 0 aromatic carbocycles. The molecule has 0 atom stereocenters. The minimum atomic E-state index is -0.304. The van der Waals surface area contributed by atoms with Crippen LogP contribution in [0.4, 0.5) is 0 Å². The lowest BCUT2D eigenvalue weighted by Gasteiger charge is -2.26. The number of morpholine rings is 1. The number of carbonyl (C=O) groups excluding carboxylic acids is 1. The maximum Gasteiger partial charge on any atom is 0.267 e. The molecular formula is C11H16N4O2. The number of nitrogens with one attached hydrogen (secondary N) is 1. The SMILES string of the molecule is NNC(=O)c1cccnc1CN1CCOCC1. The van der Waals surface area contributed by atoms with Crippen LogP contribution in [0.15, 0.2) is 18.3 Å². The number of aromatic nitrogens is 1. The Labute approximate surface area is 99.7 Å². The number of nitrogen functional groups attached to an aromatic ring is 1. The first-order chi connectivity index (χ1) is 8.31. The summed E-state index contributed by atoms with van der Waals surface area (Å²) in [5.74, 6) is 4.84. The number of pyridine rings is 1. The molecule has 1 aliphatic rings. The second-order valence-corrected chi connectivity index (χ2v) is 3.86. The van der Waals surface area contributed by atoms with Crippen molar-refractivity contribution in [1.82, 2.24) is 15.3 Å². The third-order valence-electron chi connectivity index (χ3n) is 2.74. The number of nitrogens with zero attached hydrogens (tertiary/aromatic N) is 2. The van der Waals surface area contributed by atoms with Crippen LogP contribution in [0.1, 0.15) is 16.1 Å². The molecule has 1 amide bonds. The van der Waals surface area contributed by atoms with Crippen molar-refractivity contribution in [3.8, 4) is 0 Å². The van der Waals surface area contributed by atoms with Crippen LogP contribution in [0.5, 0.6) is 0 Å². The largest absolute Gasteiger partial charge is 0.379 e. The normalized spacial score (nSPS) is 16.8. The highest BCUT2D eigenvalue weighted by atomic mass is 16.5. The van der Waals surface area contributed by atoms with Crippen molar-refractivity contribution in [2.45, 2.75) is 6.54 Å². The Morgan fingerprint density at radius 3 is 3.00 bits per heavy atom. The molecule has 6 heteroatoms. The smallest absolute Gasteiger partial charge is 0.267 e. The van der Waals surface area contributed by atoms with E-state index in [4.69, 9.17) is 10.6 Å². The molecule has 1 aromatic heterocycles. The van der Waals surface area contributed by atoms with Crippen LogP contribution in [0.3, 0.4) is 0 Å². The summed E-state index contributed by atoms with van der Waals surface area (Å²) in [4.78, 5) is 18.0. The molecule has 0 bridgehead atoms. The summed E-state index contributed by atoms with van der Waals surface area (Å²) in [6, 6.07) is 3.46. The zero-order valence-electron chi connectivity index (χ0n) is 9.56. The number of rotatable bonds is 3. The average Bonchev–Trinajstić information content (AvgIpc) is 2.40. The minimum absolute atomic E-state index is 0.304. The standard InChI is InChI=1S/C11H16N4O2/c12-14-11(16)9-2-1-3-13-10(9)8-15-4-6-17-7-5-15/h1-3H,4-8,12H2,(H,14,16). The molecule has 92 valence electrons. The molecule has 2 rings (SSSR count). The number of nitrogens with two attached hydrogens (primary N) is 1. The highest BCUT2D eigenvalue weighted by molar-refractivity contribution is 5.94. The van der Waals surface area contributed by atoms with Crippen LogP contribution in [-0.4, -0.2) is 42.1 Å². The topological polar surface area (TPSA) is 80.5 Å². The van der Waals surface area contributed by atoms with Crippen LogP contribution in [0, 0.1) is 0 Å². The van der Waals surface area contributed by atoms with E-state index in [1.54, 1.807) is 18.3 Å². The Bertz CT molecular complexity index is 391. The van der Waals surface area contributed by atoms with Crippen LogP contribution >= 0.6 is 0 Å². The predicted octanol–water partition coefficient (Wildman–Crippen LogP) is -0.483. The van der Waals surface area contributed by atoms with E-state index < -0.39 is 0 Å². The fourth-order valence-electron chi connectivity index (χ4n) is 1.82. The molecule has 0 aliphatic carbocycles. The highest BCUT2D eigenvalue weighted by Gasteiger charge is 2.16. The van der Waals surface area contributed by atoms with Crippen molar-refractivity contribution in [1.29, 1.82) is 0 Å². The molecule has 0 spiro atoms. The van der Waals surface area contributed by atoms with Gasteiger partial charge in [-0.15, -0.1) is 0 Å². The minimum Gasteiger partial charge on any atom is -0.379 e. The molecule has 1 aliphatic heterocycles. The maximum atomic E-state index is 11.6. The zero-order valence-corrected chi connectivity index (χ0v) is 9.56. The summed E-state index contributed by atoms with van der Waals surface area (Å²) in [5, 5.41) is 0. The number of carbonyl (C=O) groups is 1. The number of hydrogen-bond donors (Lipinski definition) is 2.